The number of hydrogen-bond acceptors (Lipinski definition) is 2. The maximum atomic E-state index is 15.2. The summed E-state index contributed by atoms with van der Waals surface area (Å²) in [4.78, 5) is 21.3. The zero-order chi connectivity index (χ0) is 25.5. The number of allylic oxidation sites excluding steroid dienone is 4. The molecule has 0 saturated carbocycles. The van der Waals surface area contributed by atoms with Crippen LogP contribution in [0.4, 0.5) is 4.39 Å². The van der Waals surface area contributed by atoms with Gasteiger partial charge in [-0.2, -0.15) is 0 Å². The number of aromatic nitrogens is 1. The van der Waals surface area contributed by atoms with Gasteiger partial charge in [0.1, 0.15) is 5.82 Å². The van der Waals surface area contributed by atoms with Gasteiger partial charge in [0, 0.05) is 48.5 Å². The summed E-state index contributed by atoms with van der Waals surface area (Å²) in [6, 6.07) is 13.5. The lowest BCUT2D eigenvalue weighted by Gasteiger charge is -2.38. The van der Waals surface area contributed by atoms with E-state index in [9.17, 15) is 4.79 Å². The third kappa shape index (κ3) is 6.16. The fraction of sp³-hybridized carbons (Fsp3) is 0.300. The van der Waals surface area contributed by atoms with Crippen LogP contribution in [0.5, 0.6) is 0 Å². The van der Waals surface area contributed by atoms with E-state index in [1.807, 2.05) is 85.7 Å². The molecule has 0 spiro atoms. The van der Waals surface area contributed by atoms with Gasteiger partial charge < -0.3 is 9.88 Å². The number of rotatable bonds is 8. The van der Waals surface area contributed by atoms with Crippen molar-refractivity contribution in [1.29, 1.82) is 0 Å². The first-order valence-corrected chi connectivity index (χ1v) is 14.0. The summed E-state index contributed by atoms with van der Waals surface area (Å²) >= 11 is 2.39. The highest BCUT2D eigenvalue weighted by Crippen LogP contribution is 2.28. The average molecular weight is 598 g/mol. The van der Waals surface area contributed by atoms with Crippen molar-refractivity contribution >= 4 is 39.4 Å². The topological polar surface area (TPSA) is 39.3 Å². The first-order valence-electron chi connectivity index (χ1n) is 12.4. The molecule has 6 heteroatoms. The predicted octanol–water partition coefficient (Wildman–Crippen LogP) is 7.24. The van der Waals surface area contributed by atoms with E-state index in [2.05, 4.69) is 38.5 Å². The van der Waals surface area contributed by atoms with Crippen molar-refractivity contribution in [2.24, 2.45) is 0 Å². The summed E-state index contributed by atoms with van der Waals surface area (Å²) in [5.74, 6) is -0.341. The van der Waals surface area contributed by atoms with E-state index in [-0.39, 0.29) is 24.3 Å². The molecule has 0 atom stereocenters. The third-order valence-electron chi connectivity index (χ3n) is 6.76. The maximum absolute atomic E-state index is 15.2. The number of carbonyl (C=O) groups excluding carboxylic acids is 1. The molecule has 1 saturated heterocycles. The van der Waals surface area contributed by atoms with E-state index in [0.717, 1.165) is 52.5 Å². The highest BCUT2D eigenvalue weighted by Gasteiger charge is 2.29. The quantitative estimate of drug-likeness (QED) is 0.0978. The Hall–Kier alpha value is -2.71. The van der Waals surface area contributed by atoms with E-state index >= 15 is 4.39 Å². The number of likely N-dealkylation sites (tertiary alicyclic amines) is 1. The lowest BCUT2D eigenvalue weighted by atomic mass is 9.98. The van der Waals surface area contributed by atoms with Crippen molar-refractivity contribution in [2.45, 2.75) is 39.3 Å². The van der Waals surface area contributed by atoms with Crippen LogP contribution < -0.4 is 0 Å². The summed E-state index contributed by atoms with van der Waals surface area (Å²) in [7, 11) is 0. The van der Waals surface area contributed by atoms with Gasteiger partial charge in [0.15, 0.2) is 0 Å². The molecule has 4 nitrogen and oxygen atoms in total. The second-order valence-corrected chi connectivity index (χ2v) is 9.82. The summed E-state index contributed by atoms with van der Waals surface area (Å²) < 4.78 is 16.1. The van der Waals surface area contributed by atoms with Crippen LogP contribution in [-0.4, -0.2) is 44.4 Å². The summed E-state index contributed by atoms with van der Waals surface area (Å²) in [6.07, 6.45) is 13.0. The molecule has 0 bridgehead atoms. The van der Waals surface area contributed by atoms with Crippen LogP contribution in [0.25, 0.3) is 22.0 Å². The Morgan fingerprint density at radius 2 is 1.86 bits per heavy atom. The van der Waals surface area contributed by atoms with Crippen LogP contribution in [0.15, 0.2) is 84.6 Å². The zero-order valence-corrected chi connectivity index (χ0v) is 23.0. The van der Waals surface area contributed by atoms with Gasteiger partial charge in [0.25, 0.3) is 5.91 Å². The van der Waals surface area contributed by atoms with Crippen molar-refractivity contribution < 1.29 is 9.18 Å². The van der Waals surface area contributed by atoms with Crippen LogP contribution in [0.1, 0.15) is 32.3 Å². The minimum Gasteiger partial charge on any atom is -0.361 e. The lowest BCUT2D eigenvalue weighted by Crippen LogP contribution is -2.47. The Bertz CT molecular complexity index is 1280. The molecule has 3 aromatic rings. The Kier molecular flexibility index (Phi) is 9.15. The monoisotopic (exact) mass is 597 g/mol. The van der Waals surface area contributed by atoms with Gasteiger partial charge in [-0.25, -0.2) is 4.39 Å². The highest BCUT2D eigenvalue weighted by atomic mass is 127. The van der Waals surface area contributed by atoms with Gasteiger partial charge in [-0.1, -0.05) is 59.0 Å². The molecule has 1 amide bonds. The number of amides is 1. The number of nitrogens with zero attached hydrogens (tertiary/aromatic N) is 2. The van der Waals surface area contributed by atoms with Crippen molar-refractivity contribution in [2.75, 3.05) is 17.6 Å². The van der Waals surface area contributed by atoms with Gasteiger partial charge in [-0.05, 0) is 79.6 Å². The molecule has 1 aliphatic rings. The van der Waals surface area contributed by atoms with Crippen molar-refractivity contribution in [3.05, 3.63) is 96.0 Å². The molecular formula is C30H33FIN3O. The first-order chi connectivity index (χ1) is 17.5. The SMILES string of the molecule is C\C=C/C=C(\C=C\C)C(=O)N(Cc1cc(-c2ccc3[nH]ccc3c2)ccc1F)C1CCN(CI)CC1. The van der Waals surface area contributed by atoms with E-state index in [1.165, 1.54) is 6.07 Å². The van der Waals surface area contributed by atoms with E-state index in [0.29, 0.717) is 11.1 Å². The molecule has 2 heterocycles. The Morgan fingerprint density at radius 1 is 1.11 bits per heavy atom. The van der Waals surface area contributed by atoms with Gasteiger partial charge in [-0.15, -0.1) is 0 Å². The number of hydrogen-bond donors (Lipinski definition) is 1. The number of aromatic amines is 1. The molecule has 0 aliphatic carbocycles. The van der Waals surface area contributed by atoms with Crippen molar-refractivity contribution in [3.63, 3.8) is 0 Å². The molecule has 1 aliphatic heterocycles. The molecule has 1 N–H and O–H groups in total. The average Bonchev–Trinajstić information content (AvgIpc) is 3.38. The zero-order valence-electron chi connectivity index (χ0n) is 20.9. The largest absolute Gasteiger partial charge is 0.361 e. The van der Waals surface area contributed by atoms with E-state index in [4.69, 9.17) is 0 Å². The molecular weight excluding hydrogens is 564 g/mol. The number of carbonyl (C=O) groups is 1. The van der Waals surface area contributed by atoms with E-state index < -0.39 is 0 Å². The molecule has 2 aromatic carbocycles. The number of fused-ring (bicyclic) bond motifs is 1. The van der Waals surface area contributed by atoms with Gasteiger partial charge >= 0.3 is 0 Å². The summed E-state index contributed by atoms with van der Waals surface area (Å²) in [6.45, 7) is 5.95. The summed E-state index contributed by atoms with van der Waals surface area (Å²) in [5, 5.41) is 1.11. The number of benzene rings is 2. The number of alkyl halides is 1. The smallest absolute Gasteiger partial charge is 0.254 e. The molecule has 1 fully saturated rings. The standard InChI is InChI=1S/C30H33FIN3O/c1-3-5-7-22(6-4-2)30(36)35(27-13-16-34(21-32)17-14-27)20-26-19-23(8-10-28(26)31)24-9-11-29-25(18-24)12-15-33-29/h3-12,15,18-19,27,33H,13-14,16-17,20-21H2,1-2H3/b5-3-,6-4+,22-7+. The molecule has 0 unspecified atom stereocenters. The second-order valence-electron chi connectivity index (χ2n) is 9.14. The van der Waals surface area contributed by atoms with Gasteiger partial charge in [0.05, 0.1) is 4.55 Å². The first kappa shape index (κ1) is 26.4. The minimum atomic E-state index is -0.283. The van der Waals surface area contributed by atoms with Gasteiger partial charge in [-0.3, -0.25) is 9.69 Å². The van der Waals surface area contributed by atoms with Crippen molar-refractivity contribution in [3.8, 4) is 11.1 Å². The molecule has 36 heavy (non-hydrogen) atoms. The Labute approximate surface area is 226 Å². The van der Waals surface area contributed by atoms with Crippen LogP contribution in [0, 0.1) is 5.82 Å². The third-order valence-corrected chi connectivity index (χ3v) is 7.73. The number of piperidine rings is 1. The van der Waals surface area contributed by atoms with Crippen molar-refractivity contribution in [1.82, 2.24) is 14.8 Å². The van der Waals surface area contributed by atoms with Gasteiger partial charge in [0.2, 0.25) is 0 Å². The normalized spacial score (nSPS) is 15.9. The fourth-order valence-corrected chi connectivity index (χ4v) is 5.43. The number of nitrogens with one attached hydrogen (secondary N) is 1. The predicted molar refractivity (Wildman–Crippen MR) is 155 cm³/mol. The molecule has 0 radical (unpaired) electrons. The summed E-state index contributed by atoms with van der Waals surface area (Å²) in [5.41, 5.74) is 4.19. The van der Waals surface area contributed by atoms with Crippen LogP contribution in [0.2, 0.25) is 0 Å². The lowest BCUT2D eigenvalue weighted by molar-refractivity contribution is -0.130. The number of halogens is 2. The van der Waals surface area contributed by atoms with Crippen LogP contribution in [-0.2, 0) is 11.3 Å². The van der Waals surface area contributed by atoms with E-state index in [1.54, 1.807) is 0 Å². The molecule has 4 rings (SSSR count). The molecule has 1 aromatic heterocycles. The Balaban J connectivity index is 1.68. The van der Waals surface area contributed by atoms with Crippen LogP contribution in [0.3, 0.4) is 0 Å². The Morgan fingerprint density at radius 3 is 2.58 bits per heavy atom. The van der Waals surface area contributed by atoms with Crippen LogP contribution >= 0.6 is 22.6 Å². The highest BCUT2D eigenvalue weighted by molar-refractivity contribution is 14.1. The maximum Gasteiger partial charge on any atom is 0.254 e. The number of H-pyrrole nitrogens is 1. The minimum absolute atomic E-state index is 0.0577. The fourth-order valence-electron chi connectivity index (χ4n) is 4.75. The second kappa shape index (κ2) is 12.5. The molecule has 188 valence electrons.